The highest BCUT2D eigenvalue weighted by molar-refractivity contribution is 7.99. The molecule has 0 heterocycles. The van der Waals surface area contributed by atoms with E-state index in [2.05, 4.69) is 24.3 Å². The Bertz CT molecular complexity index is 839. The zero-order chi connectivity index (χ0) is 24.1. The molecule has 0 aromatic heterocycles. The molecule has 9 heteroatoms. The van der Waals surface area contributed by atoms with Gasteiger partial charge in [0.05, 0.1) is 5.92 Å². The van der Waals surface area contributed by atoms with E-state index in [1.54, 1.807) is 11.8 Å². The number of thioether (sulfide) groups is 1. The van der Waals surface area contributed by atoms with Gasteiger partial charge in [0.2, 0.25) is 0 Å². The van der Waals surface area contributed by atoms with E-state index in [4.69, 9.17) is 14.5 Å². The van der Waals surface area contributed by atoms with Gasteiger partial charge in [0.15, 0.2) is 5.52 Å². The summed E-state index contributed by atoms with van der Waals surface area (Å²) in [5.74, 6) is 3.55. The van der Waals surface area contributed by atoms with Gasteiger partial charge in [-0.25, -0.2) is 0 Å². The molecule has 8 unspecified atom stereocenters. The number of unbranched alkanes of at least 4 members (excludes halogenated alkanes) is 3. The average Bonchev–Trinajstić information content (AvgIpc) is 3.59. The predicted molar refractivity (Wildman–Crippen MR) is 138 cm³/mol. The van der Waals surface area contributed by atoms with Crippen molar-refractivity contribution in [1.29, 1.82) is 0 Å². The van der Waals surface area contributed by atoms with Crippen molar-refractivity contribution in [3.8, 4) is 0 Å². The van der Waals surface area contributed by atoms with Crippen molar-refractivity contribution in [1.82, 2.24) is 0 Å². The van der Waals surface area contributed by atoms with E-state index in [9.17, 15) is 14.2 Å². The zero-order valence-electron chi connectivity index (χ0n) is 19.7. The lowest BCUT2D eigenvalue weighted by Crippen LogP contribution is -2.30. The monoisotopic (exact) mass is 528 g/mol. The molecule has 4 aliphatic carbocycles. The van der Waals surface area contributed by atoms with Gasteiger partial charge >= 0.3 is 13.6 Å². The van der Waals surface area contributed by atoms with Crippen molar-refractivity contribution >= 4 is 39.4 Å². The third-order valence-electron chi connectivity index (χ3n) is 7.78. The Morgan fingerprint density at radius 3 is 2.18 bits per heavy atom. The average molecular weight is 529 g/mol. The van der Waals surface area contributed by atoms with Crippen molar-refractivity contribution < 1.29 is 28.7 Å². The summed E-state index contributed by atoms with van der Waals surface area (Å²) in [5.41, 5.74) is 0.357. The molecule has 0 amide bonds. The molecule has 0 aromatic carbocycles. The molecular formula is C25H38O6P2S. The lowest BCUT2D eigenvalue weighted by molar-refractivity contribution is -0.152. The quantitative estimate of drug-likeness (QED) is 0.134. The normalized spacial score (nSPS) is 32.3. The van der Waals surface area contributed by atoms with Crippen molar-refractivity contribution in [3.05, 3.63) is 24.3 Å². The summed E-state index contributed by atoms with van der Waals surface area (Å²) >= 11 is 1.76. The number of hydrogen-bond donors (Lipinski definition) is 2. The van der Waals surface area contributed by atoms with Gasteiger partial charge in [-0.2, -0.15) is 11.8 Å². The molecule has 0 spiro atoms. The highest BCUT2D eigenvalue weighted by Crippen LogP contribution is 2.47. The Kier molecular flexibility index (Phi) is 9.54. The van der Waals surface area contributed by atoms with Crippen molar-refractivity contribution in [3.63, 3.8) is 0 Å². The number of carbonyl (C=O) groups is 2. The van der Waals surface area contributed by atoms with Crippen LogP contribution in [0.25, 0.3) is 0 Å². The number of hydrogen-bond acceptors (Lipinski definition) is 5. The number of carbonyl (C=O) groups excluding carboxylic acids is 2. The van der Waals surface area contributed by atoms with Gasteiger partial charge in [-0.1, -0.05) is 37.1 Å². The van der Waals surface area contributed by atoms with E-state index in [1.165, 1.54) is 0 Å². The van der Waals surface area contributed by atoms with Crippen LogP contribution in [0.4, 0.5) is 0 Å². The molecule has 190 valence electrons. The molecule has 4 bridgehead atoms. The summed E-state index contributed by atoms with van der Waals surface area (Å²) in [7, 11) is -3.69. The molecule has 2 fully saturated rings. The van der Waals surface area contributed by atoms with Crippen LogP contribution >= 0.6 is 27.9 Å². The Morgan fingerprint density at radius 1 is 0.941 bits per heavy atom. The van der Waals surface area contributed by atoms with Crippen molar-refractivity contribution in [2.45, 2.75) is 57.5 Å². The van der Waals surface area contributed by atoms with Gasteiger partial charge in [0, 0.05) is 24.0 Å². The summed E-state index contributed by atoms with van der Waals surface area (Å²) in [5, 5.41) is 0. The van der Waals surface area contributed by atoms with Crippen LogP contribution in [0.1, 0.15) is 51.4 Å². The van der Waals surface area contributed by atoms with Crippen LogP contribution < -0.4 is 0 Å². The molecule has 8 atom stereocenters. The first kappa shape index (κ1) is 26.6. The third-order valence-corrected chi connectivity index (χ3v) is 11.2. The second-order valence-electron chi connectivity index (χ2n) is 10.5. The smallest absolute Gasteiger partial charge is 0.325 e. The Labute approximate surface area is 209 Å². The lowest BCUT2D eigenvalue weighted by Gasteiger charge is -2.23. The van der Waals surface area contributed by atoms with Gasteiger partial charge in [-0.15, -0.1) is 0 Å². The van der Waals surface area contributed by atoms with E-state index in [0.717, 1.165) is 50.7 Å². The number of fused-ring (bicyclic) bond motifs is 4. The van der Waals surface area contributed by atoms with E-state index >= 15 is 0 Å². The summed E-state index contributed by atoms with van der Waals surface area (Å²) in [6.45, 7) is 0. The lowest BCUT2D eigenvalue weighted by atomic mass is 9.94. The summed E-state index contributed by atoms with van der Waals surface area (Å²) in [4.78, 5) is 43.7. The van der Waals surface area contributed by atoms with E-state index in [1.807, 2.05) is 0 Å². The highest BCUT2D eigenvalue weighted by atomic mass is 32.2. The second-order valence-corrected chi connectivity index (χ2v) is 14.6. The SMILES string of the molecule is O=C(OC(CPC(=O)C1CC2C=CC1C2)CSCCCCCCP(=O)(O)O)C1CC2C=CC1C2. The van der Waals surface area contributed by atoms with Crippen LogP contribution in [-0.2, 0) is 18.9 Å². The van der Waals surface area contributed by atoms with Gasteiger partial charge in [0.25, 0.3) is 0 Å². The van der Waals surface area contributed by atoms with Gasteiger partial charge < -0.3 is 14.5 Å². The van der Waals surface area contributed by atoms with Crippen molar-refractivity contribution in [2.24, 2.45) is 35.5 Å². The predicted octanol–water partition coefficient (Wildman–Crippen LogP) is 5.00. The maximum atomic E-state index is 12.9. The molecule has 4 rings (SSSR count). The minimum Gasteiger partial charge on any atom is -0.461 e. The largest absolute Gasteiger partial charge is 0.461 e. The van der Waals surface area contributed by atoms with Crippen LogP contribution in [0, 0.1) is 35.5 Å². The van der Waals surface area contributed by atoms with Crippen LogP contribution in [0.2, 0.25) is 0 Å². The van der Waals surface area contributed by atoms with Crippen LogP contribution in [0.15, 0.2) is 24.3 Å². The summed E-state index contributed by atoms with van der Waals surface area (Å²) in [6.07, 6.45) is 16.6. The topological polar surface area (TPSA) is 101 Å². The zero-order valence-corrected chi connectivity index (χ0v) is 22.4. The maximum absolute atomic E-state index is 12.9. The van der Waals surface area contributed by atoms with Crippen LogP contribution in [0.5, 0.6) is 0 Å². The summed E-state index contributed by atoms with van der Waals surface area (Å²) < 4.78 is 16.9. The van der Waals surface area contributed by atoms with Crippen LogP contribution in [0.3, 0.4) is 0 Å². The Balaban J connectivity index is 1.19. The molecule has 0 aliphatic heterocycles. The third kappa shape index (κ3) is 7.53. The molecule has 2 saturated carbocycles. The standard InChI is InChI=1S/C25H38O6P2S/c26-24(22-13-17-5-7-19(22)11-17)31-21(16-34-10-4-2-1-3-9-33(28,29)30)15-32-25(27)23-14-18-6-8-20(23)12-18/h5-8,17-23,32H,1-4,9-16H2,(H2,28,29,30). The molecular weight excluding hydrogens is 490 g/mol. The first-order valence-corrected chi connectivity index (χ1v) is 16.9. The van der Waals surface area contributed by atoms with E-state index < -0.39 is 7.60 Å². The van der Waals surface area contributed by atoms with Crippen molar-refractivity contribution in [2.75, 3.05) is 23.8 Å². The fourth-order valence-corrected chi connectivity index (χ4v) is 9.08. The first-order valence-electron chi connectivity index (χ1n) is 12.8. The second kappa shape index (κ2) is 12.2. The molecule has 0 aromatic rings. The molecule has 0 saturated heterocycles. The fraction of sp³-hybridized carbons (Fsp3) is 0.760. The fourth-order valence-electron chi connectivity index (χ4n) is 5.96. The van der Waals surface area contributed by atoms with Gasteiger partial charge in [-0.05, 0) is 76.5 Å². The van der Waals surface area contributed by atoms with Gasteiger partial charge in [-0.3, -0.25) is 14.2 Å². The van der Waals surface area contributed by atoms with Crippen LogP contribution in [-0.4, -0.2) is 51.2 Å². The summed E-state index contributed by atoms with van der Waals surface area (Å²) in [6, 6.07) is 0. The molecule has 34 heavy (non-hydrogen) atoms. The Hall–Kier alpha value is -0.450. The molecule has 4 aliphatic rings. The number of ether oxygens (including phenoxy) is 1. The molecule has 2 N–H and O–H groups in total. The van der Waals surface area contributed by atoms with E-state index in [-0.39, 0.29) is 38.7 Å². The maximum Gasteiger partial charge on any atom is 0.325 e. The van der Waals surface area contributed by atoms with Gasteiger partial charge in [0.1, 0.15) is 6.10 Å². The molecule has 6 nitrogen and oxygen atoms in total. The Morgan fingerprint density at radius 2 is 1.59 bits per heavy atom. The van der Waals surface area contributed by atoms with E-state index in [0.29, 0.717) is 47.5 Å². The highest BCUT2D eigenvalue weighted by Gasteiger charge is 2.42. The molecule has 0 radical (unpaired) electrons. The first-order chi connectivity index (χ1) is 16.3. The minimum atomic E-state index is -3.88. The minimum absolute atomic E-state index is 0.0220. The number of rotatable bonds is 15. The number of esters is 1. The number of allylic oxidation sites excluding steroid dienone is 4.